The highest BCUT2D eigenvalue weighted by molar-refractivity contribution is 6.28. The molecule has 0 aliphatic carbocycles. The van der Waals surface area contributed by atoms with E-state index in [0.29, 0.717) is 36.9 Å². The number of nitrogens with two attached hydrogens (primary N) is 1. The van der Waals surface area contributed by atoms with Crippen LogP contribution in [0.15, 0.2) is 48.5 Å². The number of rotatable bonds is 16. The van der Waals surface area contributed by atoms with Crippen LogP contribution < -0.4 is 10.6 Å². The van der Waals surface area contributed by atoms with E-state index in [4.69, 9.17) is 10.5 Å². The van der Waals surface area contributed by atoms with E-state index in [1.54, 1.807) is 26.8 Å². The Kier molecular flexibility index (Phi) is 11.2. The molecule has 7 heteroatoms. The lowest BCUT2D eigenvalue weighted by atomic mass is 9.90. The maximum atomic E-state index is 14.3. The van der Waals surface area contributed by atoms with E-state index >= 15 is 0 Å². The van der Waals surface area contributed by atoms with E-state index in [2.05, 4.69) is 6.92 Å². The van der Waals surface area contributed by atoms with Gasteiger partial charge in [-0.3, -0.25) is 9.69 Å². The monoisotopic (exact) mass is 600 g/mol. The molecule has 4 rings (SSSR count). The predicted molar refractivity (Wildman–Crippen MR) is 180 cm³/mol. The maximum Gasteiger partial charge on any atom is 0.340 e. The smallest absolute Gasteiger partial charge is 0.340 e. The van der Waals surface area contributed by atoms with Crippen LogP contribution in [-0.4, -0.2) is 41.1 Å². The quantitative estimate of drug-likeness (QED) is 0.0757. The van der Waals surface area contributed by atoms with Crippen molar-refractivity contribution in [3.8, 4) is 0 Å². The molecule has 0 heterocycles. The molecule has 7 nitrogen and oxygen atoms in total. The zero-order valence-corrected chi connectivity index (χ0v) is 26.8. The van der Waals surface area contributed by atoms with E-state index in [0.717, 1.165) is 46.2 Å². The second-order valence-electron chi connectivity index (χ2n) is 12.9. The summed E-state index contributed by atoms with van der Waals surface area (Å²) in [6.07, 6.45) is 8.88. The number of hydrogen-bond donors (Lipinski definition) is 2. The second kappa shape index (κ2) is 14.8. The molecule has 4 aromatic carbocycles. The highest BCUT2D eigenvalue weighted by Gasteiger charge is 2.36. The third kappa shape index (κ3) is 7.68. The molecule has 0 aliphatic heterocycles. The second-order valence-corrected chi connectivity index (χ2v) is 12.9. The zero-order chi connectivity index (χ0) is 31.9. The molecule has 0 spiro atoms. The van der Waals surface area contributed by atoms with E-state index in [-0.39, 0.29) is 24.3 Å². The van der Waals surface area contributed by atoms with Crippen molar-refractivity contribution in [1.82, 2.24) is 0 Å². The SMILES string of the molecule is CCCCCCCCCC(=O)N(c1c(C(=O)OC(C)(C)C)cc2ccc3cccc4ccc1c2c34)[C@@H](CCCCN)C(=O)O. The van der Waals surface area contributed by atoms with E-state index in [1.165, 1.54) is 24.2 Å². The first-order chi connectivity index (χ1) is 21.1. The molecule has 0 aliphatic rings. The molecule has 0 bridgehead atoms. The van der Waals surface area contributed by atoms with Crippen LogP contribution in [0.3, 0.4) is 0 Å². The van der Waals surface area contributed by atoms with Crippen LogP contribution in [0.25, 0.3) is 32.3 Å². The summed E-state index contributed by atoms with van der Waals surface area (Å²) in [6, 6.07) is 14.6. The molecule has 0 saturated heterocycles. The number of unbranched alkanes of at least 4 members (excludes halogenated alkanes) is 7. The van der Waals surface area contributed by atoms with Crippen LogP contribution in [0.5, 0.6) is 0 Å². The average Bonchev–Trinajstić information content (AvgIpc) is 2.98. The Labute approximate surface area is 261 Å². The average molecular weight is 601 g/mol. The summed E-state index contributed by atoms with van der Waals surface area (Å²) in [5, 5.41) is 16.1. The lowest BCUT2D eigenvalue weighted by molar-refractivity contribution is -0.140. The minimum absolute atomic E-state index is 0.198. The van der Waals surface area contributed by atoms with Crippen molar-refractivity contribution in [2.75, 3.05) is 11.4 Å². The molecular weight excluding hydrogens is 552 g/mol. The number of carboxylic acids is 1. The van der Waals surface area contributed by atoms with Gasteiger partial charge < -0.3 is 15.6 Å². The molecule has 236 valence electrons. The van der Waals surface area contributed by atoms with Crippen molar-refractivity contribution in [3.63, 3.8) is 0 Å². The van der Waals surface area contributed by atoms with Gasteiger partial charge in [-0.25, -0.2) is 9.59 Å². The number of hydrogen-bond acceptors (Lipinski definition) is 5. The van der Waals surface area contributed by atoms with Crippen LogP contribution >= 0.6 is 0 Å². The van der Waals surface area contributed by atoms with Gasteiger partial charge in [-0.1, -0.05) is 87.9 Å². The number of aliphatic carboxylic acids is 1. The summed E-state index contributed by atoms with van der Waals surface area (Å²) >= 11 is 0. The molecule has 1 amide bonds. The van der Waals surface area contributed by atoms with Crippen molar-refractivity contribution in [1.29, 1.82) is 0 Å². The van der Waals surface area contributed by atoms with Gasteiger partial charge in [0.2, 0.25) is 5.91 Å². The Morgan fingerprint density at radius 1 is 0.841 bits per heavy atom. The van der Waals surface area contributed by atoms with Gasteiger partial charge >= 0.3 is 11.9 Å². The number of carboxylic acid groups (broad SMARTS) is 1. The van der Waals surface area contributed by atoms with Crippen LogP contribution in [0.1, 0.15) is 109 Å². The highest BCUT2D eigenvalue weighted by Crippen LogP contribution is 2.43. The van der Waals surface area contributed by atoms with Gasteiger partial charge in [0, 0.05) is 11.8 Å². The summed E-state index contributed by atoms with van der Waals surface area (Å²) < 4.78 is 5.86. The van der Waals surface area contributed by atoms with Gasteiger partial charge in [-0.15, -0.1) is 0 Å². The van der Waals surface area contributed by atoms with Gasteiger partial charge in [0.1, 0.15) is 11.6 Å². The first-order valence-corrected chi connectivity index (χ1v) is 16.3. The van der Waals surface area contributed by atoms with E-state index in [1.807, 2.05) is 42.5 Å². The fourth-order valence-electron chi connectivity index (χ4n) is 6.20. The number of anilines is 1. The summed E-state index contributed by atoms with van der Waals surface area (Å²) in [5.41, 5.74) is 5.48. The minimum Gasteiger partial charge on any atom is -0.480 e. The van der Waals surface area contributed by atoms with Crippen molar-refractivity contribution in [2.24, 2.45) is 5.73 Å². The van der Waals surface area contributed by atoms with Gasteiger partial charge in [0.25, 0.3) is 0 Å². The van der Waals surface area contributed by atoms with Gasteiger partial charge in [0.15, 0.2) is 0 Å². The highest BCUT2D eigenvalue weighted by atomic mass is 16.6. The topological polar surface area (TPSA) is 110 Å². The molecule has 0 saturated carbocycles. The van der Waals surface area contributed by atoms with E-state index in [9.17, 15) is 19.5 Å². The van der Waals surface area contributed by atoms with Gasteiger partial charge in [0.05, 0.1) is 11.3 Å². The van der Waals surface area contributed by atoms with Crippen molar-refractivity contribution in [3.05, 3.63) is 54.1 Å². The molecule has 0 unspecified atom stereocenters. The van der Waals surface area contributed by atoms with Crippen molar-refractivity contribution in [2.45, 2.75) is 110 Å². The van der Waals surface area contributed by atoms with Crippen molar-refractivity contribution >= 4 is 55.9 Å². The molecule has 3 N–H and O–H groups in total. The van der Waals surface area contributed by atoms with Gasteiger partial charge in [-0.05, 0) is 86.0 Å². The molecule has 0 fully saturated rings. The third-order valence-electron chi connectivity index (χ3n) is 8.27. The van der Waals surface area contributed by atoms with Gasteiger partial charge in [-0.2, -0.15) is 0 Å². The molecule has 0 aromatic heterocycles. The number of esters is 1. The Bertz CT molecular complexity index is 1570. The molecule has 0 radical (unpaired) electrons. The maximum absolute atomic E-state index is 14.3. The van der Waals surface area contributed by atoms with Crippen molar-refractivity contribution < 1.29 is 24.2 Å². The minimum atomic E-state index is -1.15. The molecule has 1 atom stereocenters. The van der Waals surface area contributed by atoms with E-state index < -0.39 is 23.6 Å². The zero-order valence-electron chi connectivity index (χ0n) is 26.8. The summed E-state index contributed by atoms with van der Waals surface area (Å²) in [4.78, 5) is 42.5. The predicted octanol–water partition coefficient (Wildman–Crippen LogP) is 8.60. The number of carbonyl (C=O) groups excluding carboxylic acids is 2. The fraction of sp³-hybridized carbons (Fsp3) is 0.486. The normalized spacial score (nSPS) is 12.7. The first-order valence-electron chi connectivity index (χ1n) is 16.3. The largest absolute Gasteiger partial charge is 0.480 e. The van der Waals surface area contributed by atoms with Crippen LogP contribution in [0, 0.1) is 0 Å². The number of carbonyl (C=O) groups is 3. The van der Waals surface area contributed by atoms with Crippen LogP contribution in [0.2, 0.25) is 0 Å². The van der Waals surface area contributed by atoms with Crippen LogP contribution in [0.4, 0.5) is 5.69 Å². The summed E-state index contributed by atoms with van der Waals surface area (Å²) in [7, 11) is 0. The third-order valence-corrected chi connectivity index (χ3v) is 8.27. The standard InChI is InChI=1S/C37H48N2O5/c1-5-6-7-8-9-10-11-18-31(40)39(30(35(41)42)17-12-13-23-38)34-28-22-21-26-16-14-15-25-19-20-27(33(28)32(25)26)24-29(34)36(43)44-37(2,3)4/h14-16,19-22,24,30H,5-13,17-18,23,38H2,1-4H3,(H,41,42)/t30-/m0/s1. The summed E-state index contributed by atoms with van der Waals surface area (Å²) in [6.45, 7) is 8.01. The number of amides is 1. The Morgan fingerprint density at radius 3 is 2.11 bits per heavy atom. The lowest BCUT2D eigenvalue weighted by Gasteiger charge is -2.33. The fourth-order valence-corrected chi connectivity index (χ4v) is 6.20. The Hall–Kier alpha value is -3.71. The number of nitrogens with zero attached hydrogens (tertiary/aromatic N) is 1. The van der Waals surface area contributed by atoms with Crippen LogP contribution in [-0.2, 0) is 14.3 Å². The molecule has 44 heavy (non-hydrogen) atoms. The summed E-state index contributed by atoms with van der Waals surface area (Å²) in [5.74, 6) is -1.98. The first kappa shape index (κ1) is 33.2. The lowest BCUT2D eigenvalue weighted by Crippen LogP contribution is -2.46. The molecular formula is C37H48N2O5. The molecule has 4 aromatic rings. The number of ether oxygens (including phenoxy) is 1. The Morgan fingerprint density at radius 2 is 1.48 bits per heavy atom. The Balaban J connectivity index is 1.90. The number of benzene rings is 4.